The topological polar surface area (TPSA) is 73.9 Å². The fourth-order valence-electron chi connectivity index (χ4n) is 3.52. The normalized spacial score (nSPS) is 17.7. The van der Waals surface area contributed by atoms with Crippen LogP contribution in [0.25, 0.3) is 0 Å². The lowest BCUT2D eigenvalue weighted by molar-refractivity contribution is -0.117. The second-order valence-corrected chi connectivity index (χ2v) is 7.29. The van der Waals surface area contributed by atoms with Gasteiger partial charge in [-0.3, -0.25) is 4.79 Å². The summed E-state index contributed by atoms with van der Waals surface area (Å²) in [4.78, 5) is 28.7. The van der Waals surface area contributed by atoms with E-state index in [9.17, 15) is 9.59 Å². The van der Waals surface area contributed by atoms with E-state index in [4.69, 9.17) is 4.74 Å². The van der Waals surface area contributed by atoms with Crippen molar-refractivity contribution in [2.45, 2.75) is 52.1 Å². The second-order valence-electron chi connectivity index (χ2n) is 7.29. The molecule has 7 heteroatoms. The zero-order chi connectivity index (χ0) is 20.5. The van der Waals surface area contributed by atoms with Gasteiger partial charge in [0.05, 0.1) is 13.2 Å². The number of carbonyl (C=O) groups excluding carboxylic acids is 2. The number of anilines is 1. The summed E-state index contributed by atoms with van der Waals surface area (Å²) in [5.41, 5.74) is 0.791. The van der Waals surface area contributed by atoms with Gasteiger partial charge in [0, 0.05) is 30.8 Å². The standard InChI is InChI=1S/C21H34N4O3/c1-5-24(6-2)12-8-9-16(3)22-21(27)23-17-13-20(26)25(15-17)18-10-7-11-19(14-18)28-4/h7,10-11,14,16-17H,5-6,8-9,12-13,15H2,1-4H3,(H2,22,23,27)/t16-,17-/m0/s1. The number of methoxy groups -OCH3 is 1. The molecule has 0 radical (unpaired) electrons. The molecule has 156 valence electrons. The maximum absolute atomic E-state index is 12.4. The molecule has 1 aromatic carbocycles. The molecule has 1 fully saturated rings. The Morgan fingerprint density at radius 1 is 1.36 bits per heavy atom. The lowest BCUT2D eigenvalue weighted by atomic mass is 10.2. The van der Waals surface area contributed by atoms with Crippen LogP contribution in [0.4, 0.5) is 10.5 Å². The molecular weight excluding hydrogens is 356 g/mol. The predicted molar refractivity (Wildman–Crippen MR) is 112 cm³/mol. The molecule has 1 aromatic rings. The minimum atomic E-state index is -0.208. The van der Waals surface area contributed by atoms with Gasteiger partial charge in [-0.15, -0.1) is 0 Å². The van der Waals surface area contributed by atoms with Crippen LogP contribution in [0.3, 0.4) is 0 Å². The lowest BCUT2D eigenvalue weighted by Gasteiger charge is -2.21. The zero-order valence-electron chi connectivity index (χ0n) is 17.5. The largest absolute Gasteiger partial charge is 0.497 e. The van der Waals surface area contributed by atoms with Gasteiger partial charge in [-0.25, -0.2) is 4.79 Å². The van der Waals surface area contributed by atoms with E-state index < -0.39 is 0 Å². The monoisotopic (exact) mass is 390 g/mol. The molecule has 3 amide bonds. The molecule has 0 unspecified atom stereocenters. The van der Waals surface area contributed by atoms with Gasteiger partial charge in [0.1, 0.15) is 5.75 Å². The molecule has 1 aliphatic heterocycles. The van der Waals surface area contributed by atoms with Crippen molar-refractivity contribution in [1.29, 1.82) is 0 Å². The maximum atomic E-state index is 12.4. The Hall–Kier alpha value is -2.28. The number of ether oxygens (including phenoxy) is 1. The Balaban J connectivity index is 1.77. The molecule has 7 nitrogen and oxygen atoms in total. The van der Waals surface area contributed by atoms with Crippen molar-refractivity contribution in [2.24, 2.45) is 0 Å². The van der Waals surface area contributed by atoms with Gasteiger partial charge in [-0.2, -0.15) is 0 Å². The minimum Gasteiger partial charge on any atom is -0.497 e. The van der Waals surface area contributed by atoms with Crippen LogP contribution in [0.5, 0.6) is 5.75 Å². The molecule has 0 saturated carbocycles. The number of benzene rings is 1. The fraction of sp³-hybridized carbons (Fsp3) is 0.619. The van der Waals surface area contributed by atoms with Crippen LogP contribution in [0, 0.1) is 0 Å². The van der Waals surface area contributed by atoms with Crippen molar-refractivity contribution in [3.05, 3.63) is 24.3 Å². The first-order valence-corrected chi connectivity index (χ1v) is 10.2. The average Bonchev–Trinajstić information content (AvgIpc) is 3.05. The molecule has 0 aliphatic carbocycles. The summed E-state index contributed by atoms with van der Waals surface area (Å²) < 4.78 is 5.23. The Morgan fingerprint density at radius 2 is 2.11 bits per heavy atom. The molecule has 0 bridgehead atoms. The number of carbonyl (C=O) groups is 2. The van der Waals surface area contributed by atoms with Crippen molar-refractivity contribution in [3.63, 3.8) is 0 Å². The number of hydrogen-bond donors (Lipinski definition) is 2. The third-order valence-electron chi connectivity index (χ3n) is 5.21. The van der Waals surface area contributed by atoms with Crippen molar-refractivity contribution in [2.75, 3.05) is 38.2 Å². The molecular formula is C21H34N4O3. The highest BCUT2D eigenvalue weighted by Gasteiger charge is 2.31. The van der Waals surface area contributed by atoms with Gasteiger partial charge in [0.2, 0.25) is 5.91 Å². The van der Waals surface area contributed by atoms with Crippen LogP contribution in [0.1, 0.15) is 40.0 Å². The third-order valence-corrected chi connectivity index (χ3v) is 5.21. The van der Waals surface area contributed by atoms with Gasteiger partial charge < -0.3 is 25.2 Å². The van der Waals surface area contributed by atoms with Crippen molar-refractivity contribution in [3.8, 4) is 5.75 Å². The highest BCUT2D eigenvalue weighted by Crippen LogP contribution is 2.25. The Labute approximate surface area is 168 Å². The third kappa shape index (κ3) is 6.41. The van der Waals surface area contributed by atoms with Gasteiger partial charge in [0.15, 0.2) is 0 Å². The van der Waals surface area contributed by atoms with Crippen LogP contribution < -0.4 is 20.3 Å². The van der Waals surface area contributed by atoms with E-state index in [1.165, 1.54) is 0 Å². The summed E-state index contributed by atoms with van der Waals surface area (Å²) in [5.74, 6) is 0.712. The summed E-state index contributed by atoms with van der Waals surface area (Å²) in [5, 5.41) is 5.92. The molecule has 0 spiro atoms. The van der Waals surface area contributed by atoms with Crippen LogP contribution in [0.15, 0.2) is 24.3 Å². The average molecular weight is 391 g/mol. The van der Waals surface area contributed by atoms with Crippen LogP contribution >= 0.6 is 0 Å². The first kappa shape index (κ1) is 22.0. The first-order chi connectivity index (χ1) is 13.5. The molecule has 28 heavy (non-hydrogen) atoms. The van der Waals surface area contributed by atoms with Crippen molar-refractivity contribution >= 4 is 17.6 Å². The van der Waals surface area contributed by atoms with E-state index in [0.717, 1.165) is 38.2 Å². The second kappa shape index (κ2) is 10.9. The summed E-state index contributed by atoms with van der Waals surface area (Å²) in [7, 11) is 1.60. The van der Waals surface area contributed by atoms with Crippen molar-refractivity contribution < 1.29 is 14.3 Å². The first-order valence-electron chi connectivity index (χ1n) is 10.2. The Bertz CT molecular complexity index is 648. The smallest absolute Gasteiger partial charge is 0.315 e. The lowest BCUT2D eigenvalue weighted by Crippen LogP contribution is -2.46. The number of nitrogens with one attached hydrogen (secondary N) is 2. The quantitative estimate of drug-likeness (QED) is 0.644. The van der Waals surface area contributed by atoms with Crippen molar-refractivity contribution in [1.82, 2.24) is 15.5 Å². The van der Waals surface area contributed by atoms with Gasteiger partial charge in [-0.1, -0.05) is 19.9 Å². The molecule has 1 saturated heterocycles. The van der Waals surface area contributed by atoms with E-state index >= 15 is 0 Å². The molecule has 2 atom stereocenters. The summed E-state index contributed by atoms with van der Waals surface area (Å²) >= 11 is 0. The fourth-order valence-corrected chi connectivity index (χ4v) is 3.52. The minimum absolute atomic E-state index is 0.00539. The van der Waals surface area contributed by atoms with Crippen LogP contribution in [0.2, 0.25) is 0 Å². The SMILES string of the molecule is CCN(CC)CCC[C@H](C)NC(=O)N[C@H]1CC(=O)N(c2cccc(OC)c2)C1. The highest BCUT2D eigenvalue weighted by molar-refractivity contribution is 5.97. The Kier molecular flexibility index (Phi) is 8.57. The van der Waals surface area contributed by atoms with Crippen LogP contribution in [-0.4, -0.2) is 62.2 Å². The zero-order valence-corrected chi connectivity index (χ0v) is 17.5. The Morgan fingerprint density at radius 3 is 2.79 bits per heavy atom. The van der Waals surface area contributed by atoms with E-state index in [0.29, 0.717) is 18.7 Å². The number of urea groups is 1. The number of amides is 3. The van der Waals surface area contributed by atoms with Crippen LogP contribution in [-0.2, 0) is 4.79 Å². The van der Waals surface area contributed by atoms with E-state index in [1.54, 1.807) is 12.0 Å². The summed E-state index contributed by atoms with van der Waals surface area (Å²) in [6, 6.07) is 7.10. The van der Waals surface area contributed by atoms with Gasteiger partial charge >= 0.3 is 6.03 Å². The van der Waals surface area contributed by atoms with E-state index in [-0.39, 0.29) is 24.0 Å². The molecule has 1 aliphatic rings. The number of nitrogens with zero attached hydrogens (tertiary/aromatic N) is 2. The summed E-state index contributed by atoms with van der Waals surface area (Å²) in [6.45, 7) is 9.97. The van der Waals surface area contributed by atoms with Gasteiger partial charge in [0.25, 0.3) is 0 Å². The molecule has 2 N–H and O–H groups in total. The number of rotatable bonds is 10. The molecule has 1 heterocycles. The predicted octanol–water partition coefficient (Wildman–Crippen LogP) is 2.61. The van der Waals surface area contributed by atoms with Gasteiger partial charge in [-0.05, 0) is 51.5 Å². The maximum Gasteiger partial charge on any atom is 0.315 e. The van der Waals surface area contributed by atoms with E-state index in [2.05, 4.69) is 29.4 Å². The number of hydrogen-bond acceptors (Lipinski definition) is 4. The molecule has 2 rings (SSSR count). The highest BCUT2D eigenvalue weighted by atomic mass is 16.5. The summed E-state index contributed by atoms with van der Waals surface area (Å²) in [6.07, 6.45) is 2.29. The molecule has 0 aromatic heterocycles. The van der Waals surface area contributed by atoms with E-state index in [1.807, 2.05) is 31.2 Å².